The highest BCUT2D eigenvalue weighted by Crippen LogP contribution is 2.41. The topological polar surface area (TPSA) is 3.88 Å². The third-order valence-corrected chi connectivity index (χ3v) is 6.73. The van der Waals surface area contributed by atoms with E-state index in [9.17, 15) is 0 Å². The molecule has 4 rings (SSSR count). The summed E-state index contributed by atoms with van der Waals surface area (Å²) in [5.41, 5.74) is 6.78. The molecule has 3 aromatic heterocycles. The van der Waals surface area contributed by atoms with Crippen LogP contribution in [0, 0.1) is 20.8 Å². The summed E-state index contributed by atoms with van der Waals surface area (Å²) in [6.45, 7) is 6.63. The van der Waals surface area contributed by atoms with Gasteiger partial charge in [-0.1, -0.05) is 11.6 Å². The molecular weight excluding hydrogens is 306 g/mol. The Morgan fingerprint density at radius 2 is 1.82 bits per heavy atom. The van der Waals surface area contributed by atoms with Crippen molar-refractivity contribution in [3.63, 3.8) is 0 Å². The molecule has 3 heteroatoms. The van der Waals surface area contributed by atoms with Crippen LogP contribution in [0.5, 0.6) is 0 Å². The maximum absolute atomic E-state index is 2.32. The fourth-order valence-electron chi connectivity index (χ4n) is 3.20. The largest absolute Gasteiger partial charge is 0.230 e. The summed E-state index contributed by atoms with van der Waals surface area (Å²) in [6, 6.07) is 9.09. The molecule has 4 aromatic rings. The van der Waals surface area contributed by atoms with E-state index < -0.39 is 0 Å². The zero-order valence-corrected chi connectivity index (χ0v) is 14.9. The first kappa shape index (κ1) is 13.9. The molecule has 0 radical (unpaired) electrons. The van der Waals surface area contributed by atoms with Crippen LogP contribution in [0.15, 0.2) is 35.8 Å². The third kappa shape index (κ3) is 1.93. The van der Waals surface area contributed by atoms with Gasteiger partial charge in [-0.25, -0.2) is 0 Å². The highest BCUT2D eigenvalue weighted by atomic mass is 32.2. The number of aryl methyl sites for hydroxylation is 3. The van der Waals surface area contributed by atoms with E-state index in [-0.39, 0.29) is 0 Å². The molecule has 0 aliphatic heterocycles. The van der Waals surface area contributed by atoms with Gasteiger partial charge in [0, 0.05) is 16.8 Å². The molecule has 110 valence electrons. The standard InChI is InChI=1S/C19H18NS2/c1-11-9-12(2)13(3)16(10-11)17-18-14(5-7-20(17)4)15-6-8-21-19(15)22-18/h5-10H,1-4H3/q+1. The minimum atomic E-state index is 1.33. The van der Waals surface area contributed by atoms with Crippen LogP contribution in [0.2, 0.25) is 0 Å². The normalized spacial score (nSPS) is 11.6. The lowest BCUT2D eigenvalue weighted by Gasteiger charge is -2.10. The van der Waals surface area contributed by atoms with Gasteiger partial charge in [-0.05, 0) is 49.4 Å². The first-order chi connectivity index (χ1) is 10.6. The predicted molar refractivity (Wildman–Crippen MR) is 98.0 cm³/mol. The summed E-state index contributed by atoms with van der Waals surface area (Å²) in [7, 11) is 2.15. The second-order valence-corrected chi connectivity index (χ2v) is 8.19. The first-order valence-electron chi connectivity index (χ1n) is 7.43. The zero-order valence-electron chi connectivity index (χ0n) is 13.2. The third-order valence-electron chi connectivity index (χ3n) is 4.46. The van der Waals surface area contributed by atoms with E-state index >= 15 is 0 Å². The summed E-state index contributed by atoms with van der Waals surface area (Å²) < 4.78 is 5.09. The van der Waals surface area contributed by atoms with Crippen LogP contribution in [0.25, 0.3) is 30.7 Å². The van der Waals surface area contributed by atoms with Crippen molar-refractivity contribution in [2.75, 3.05) is 0 Å². The molecule has 0 N–H and O–H groups in total. The Hall–Kier alpha value is -1.71. The Morgan fingerprint density at radius 1 is 1.00 bits per heavy atom. The second kappa shape index (κ2) is 4.90. The van der Waals surface area contributed by atoms with Gasteiger partial charge in [-0.15, -0.1) is 22.7 Å². The highest BCUT2D eigenvalue weighted by Gasteiger charge is 2.21. The van der Waals surface area contributed by atoms with Gasteiger partial charge in [0.1, 0.15) is 11.7 Å². The Balaban J connectivity index is 2.16. The summed E-state index contributed by atoms with van der Waals surface area (Å²) in [5, 5.41) is 4.97. The minimum absolute atomic E-state index is 1.33. The molecule has 0 amide bonds. The van der Waals surface area contributed by atoms with E-state index in [4.69, 9.17) is 0 Å². The number of pyridine rings is 1. The summed E-state index contributed by atoms with van der Waals surface area (Å²) in [4.78, 5) is 0. The number of rotatable bonds is 1. The van der Waals surface area contributed by atoms with Gasteiger partial charge in [0.05, 0.1) is 9.58 Å². The first-order valence-corrected chi connectivity index (χ1v) is 9.12. The average Bonchev–Trinajstić information content (AvgIpc) is 3.03. The van der Waals surface area contributed by atoms with E-state index in [0.29, 0.717) is 0 Å². The minimum Gasteiger partial charge on any atom is -0.200 e. The number of hydrogen-bond acceptors (Lipinski definition) is 2. The second-order valence-electron chi connectivity index (χ2n) is 6.00. The van der Waals surface area contributed by atoms with E-state index in [1.54, 1.807) is 0 Å². The maximum atomic E-state index is 2.32. The fourth-order valence-corrected chi connectivity index (χ4v) is 5.56. The fraction of sp³-hybridized carbons (Fsp3) is 0.211. The Bertz CT molecular complexity index is 1020. The maximum Gasteiger partial charge on any atom is 0.230 e. The van der Waals surface area contributed by atoms with E-state index in [0.717, 1.165) is 0 Å². The molecule has 0 aliphatic carbocycles. The van der Waals surface area contributed by atoms with Crippen LogP contribution >= 0.6 is 22.7 Å². The van der Waals surface area contributed by atoms with Crippen molar-refractivity contribution in [2.45, 2.75) is 20.8 Å². The van der Waals surface area contributed by atoms with Gasteiger partial charge >= 0.3 is 0 Å². The molecule has 0 saturated heterocycles. The van der Waals surface area contributed by atoms with Gasteiger partial charge in [-0.2, -0.15) is 4.57 Å². The van der Waals surface area contributed by atoms with Crippen LogP contribution in [0.4, 0.5) is 0 Å². The predicted octanol–water partition coefficient (Wildman–Crippen LogP) is 5.53. The van der Waals surface area contributed by atoms with Crippen LogP contribution in [-0.4, -0.2) is 0 Å². The lowest BCUT2D eigenvalue weighted by molar-refractivity contribution is -0.659. The van der Waals surface area contributed by atoms with Crippen molar-refractivity contribution >= 4 is 42.2 Å². The molecule has 0 aliphatic rings. The van der Waals surface area contributed by atoms with E-state index in [1.807, 2.05) is 22.7 Å². The SMILES string of the molecule is Cc1cc(C)c(C)c(-c2c3sc4sccc4c3cc[n+]2C)c1. The van der Waals surface area contributed by atoms with Gasteiger partial charge < -0.3 is 0 Å². The van der Waals surface area contributed by atoms with Crippen molar-refractivity contribution in [2.24, 2.45) is 7.05 Å². The van der Waals surface area contributed by atoms with Crippen LogP contribution in [0.1, 0.15) is 16.7 Å². The molecule has 0 bridgehead atoms. The smallest absolute Gasteiger partial charge is 0.200 e. The van der Waals surface area contributed by atoms with Crippen molar-refractivity contribution in [3.8, 4) is 11.3 Å². The Morgan fingerprint density at radius 3 is 2.64 bits per heavy atom. The van der Waals surface area contributed by atoms with Gasteiger partial charge in [-0.3, -0.25) is 0 Å². The highest BCUT2D eigenvalue weighted by molar-refractivity contribution is 7.41. The number of aromatic nitrogens is 1. The van der Waals surface area contributed by atoms with E-state index in [2.05, 4.69) is 68.2 Å². The molecule has 0 spiro atoms. The lowest BCUT2D eigenvalue weighted by atomic mass is 9.97. The van der Waals surface area contributed by atoms with Gasteiger partial charge in [0.25, 0.3) is 0 Å². The quantitative estimate of drug-likeness (QED) is 0.405. The molecule has 0 saturated carbocycles. The molecule has 3 heterocycles. The van der Waals surface area contributed by atoms with Crippen molar-refractivity contribution in [3.05, 3.63) is 52.5 Å². The number of hydrogen-bond donors (Lipinski definition) is 0. The Kier molecular flexibility index (Phi) is 3.10. The average molecular weight is 324 g/mol. The number of thiophene rings is 2. The number of benzene rings is 1. The molecule has 1 nitrogen and oxygen atoms in total. The van der Waals surface area contributed by atoms with Gasteiger partial charge in [0.15, 0.2) is 6.20 Å². The lowest BCUT2D eigenvalue weighted by Crippen LogP contribution is -2.30. The molecule has 0 unspecified atom stereocenters. The van der Waals surface area contributed by atoms with Crippen LogP contribution in [-0.2, 0) is 7.05 Å². The van der Waals surface area contributed by atoms with Gasteiger partial charge in [0.2, 0.25) is 5.69 Å². The van der Waals surface area contributed by atoms with Crippen LogP contribution < -0.4 is 4.57 Å². The summed E-state index contributed by atoms with van der Waals surface area (Å²) in [6.07, 6.45) is 2.19. The monoisotopic (exact) mass is 324 g/mol. The van der Waals surface area contributed by atoms with Crippen molar-refractivity contribution in [1.29, 1.82) is 0 Å². The summed E-state index contributed by atoms with van der Waals surface area (Å²) in [5.74, 6) is 0. The number of fused-ring (bicyclic) bond motifs is 3. The van der Waals surface area contributed by atoms with Crippen LogP contribution in [0.3, 0.4) is 0 Å². The van der Waals surface area contributed by atoms with E-state index in [1.165, 1.54) is 47.4 Å². The summed E-state index contributed by atoms with van der Waals surface area (Å²) >= 11 is 3.76. The Labute approximate surface area is 138 Å². The van der Waals surface area contributed by atoms with Crippen molar-refractivity contribution in [1.82, 2.24) is 0 Å². The molecule has 0 fully saturated rings. The number of nitrogens with zero attached hydrogens (tertiary/aromatic N) is 1. The van der Waals surface area contributed by atoms with Crippen molar-refractivity contribution < 1.29 is 4.57 Å². The molecule has 22 heavy (non-hydrogen) atoms. The molecule has 1 aromatic carbocycles. The zero-order chi connectivity index (χ0) is 15.4. The molecule has 0 atom stereocenters. The molecular formula is C19H18NS2+.